The molecule has 0 bridgehead atoms. The van der Waals surface area contributed by atoms with Crippen molar-refractivity contribution < 1.29 is 19.4 Å². The van der Waals surface area contributed by atoms with Crippen molar-refractivity contribution in [3.8, 4) is 12.3 Å². The minimum absolute atomic E-state index is 0.0278. The number of carbonyl (C=O) groups is 2. The van der Waals surface area contributed by atoms with E-state index in [0.29, 0.717) is 6.42 Å². The average Bonchev–Trinajstić information content (AvgIpc) is 2.90. The molecule has 2 unspecified atom stereocenters. The van der Waals surface area contributed by atoms with Gasteiger partial charge in [-0.1, -0.05) is 30.3 Å². The van der Waals surface area contributed by atoms with E-state index >= 15 is 0 Å². The number of hydrogen-bond acceptors (Lipinski definition) is 3. The number of carboxylic acids is 1. The van der Waals surface area contributed by atoms with Crippen molar-refractivity contribution in [2.24, 2.45) is 0 Å². The molecule has 0 saturated carbocycles. The summed E-state index contributed by atoms with van der Waals surface area (Å²) in [6, 6.07) is 8.40. The summed E-state index contributed by atoms with van der Waals surface area (Å²) in [4.78, 5) is 24.8. The van der Waals surface area contributed by atoms with E-state index in [1.54, 1.807) is 24.3 Å². The minimum atomic E-state index is -1.08. The van der Waals surface area contributed by atoms with Crippen molar-refractivity contribution in [2.45, 2.75) is 25.0 Å². The highest BCUT2D eigenvalue weighted by atomic mass is 16.5. The number of carbonyl (C=O) groups excluding carboxylic acids is 1. The molecule has 1 amide bonds. The van der Waals surface area contributed by atoms with Gasteiger partial charge in [0.1, 0.15) is 6.73 Å². The number of amides is 1. The quantitative estimate of drug-likeness (QED) is 0.842. The van der Waals surface area contributed by atoms with Crippen LogP contribution in [0.15, 0.2) is 30.3 Å². The van der Waals surface area contributed by atoms with Gasteiger partial charge in [-0.2, -0.15) is 0 Å². The summed E-state index contributed by atoms with van der Waals surface area (Å²) in [5.41, 5.74) is 0.742. The molecule has 0 aromatic heterocycles. The first-order chi connectivity index (χ1) is 9.65. The predicted molar refractivity (Wildman–Crippen MR) is 71.5 cm³/mol. The molecule has 1 aliphatic rings. The zero-order valence-electron chi connectivity index (χ0n) is 10.9. The molecule has 2 rings (SSSR count). The Morgan fingerprint density at radius 1 is 1.40 bits per heavy atom. The van der Waals surface area contributed by atoms with Crippen molar-refractivity contribution in [3.05, 3.63) is 35.9 Å². The predicted octanol–water partition coefficient (Wildman–Crippen LogP) is 1.41. The molecule has 1 aliphatic heterocycles. The Hall–Kier alpha value is -2.32. The summed E-state index contributed by atoms with van der Waals surface area (Å²) in [7, 11) is 0. The number of ether oxygens (including phenoxy) is 1. The van der Waals surface area contributed by atoms with Gasteiger partial charge in [0.15, 0.2) is 6.10 Å². The average molecular weight is 273 g/mol. The highest BCUT2D eigenvalue weighted by Gasteiger charge is 2.42. The van der Waals surface area contributed by atoms with Crippen molar-refractivity contribution in [3.63, 3.8) is 0 Å². The second kappa shape index (κ2) is 6.22. The molecular weight excluding hydrogens is 258 g/mol. The summed E-state index contributed by atoms with van der Waals surface area (Å²) >= 11 is 0. The van der Waals surface area contributed by atoms with Gasteiger partial charge in [0.05, 0.1) is 6.04 Å². The number of hydrogen-bond donors (Lipinski definition) is 1. The van der Waals surface area contributed by atoms with Gasteiger partial charge in [0, 0.05) is 12.8 Å². The third-order valence-electron chi connectivity index (χ3n) is 3.20. The first-order valence-electron chi connectivity index (χ1n) is 6.27. The molecule has 0 aliphatic carbocycles. The maximum atomic E-state index is 12.1. The number of rotatable bonds is 4. The zero-order chi connectivity index (χ0) is 14.5. The Bertz CT molecular complexity index is 535. The molecule has 1 saturated heterocycles. The Morgan fingerprint density at radius 3 is 2.70 bits per heavy atom. The summed E-state index contributed by atoms with van der Waals surface area (Å²) in [5.74, 6) is 1.13. The Kier molecular flexibility index (Phi) is 4.38. The van der Waals surface area contributed by atoms with Gasteiger partial charge in [0.25, 0.3) is 0 Å². The van der Waals surface area contributed by atoms with E-state index in [0.717, 1.165) is 5.56 Å². The molecule has 0 spiro atoms. The van der Waals surface area contributed by atoms with Crippen LogP contribution in [-0.4, -0.2) is 34.7 Å². The SMILES string of the molecule is C#CCCC(=O)N1COC(C(=O)O)C1c1ccccc1. The van der Waals surface area contributed by atoms with E-state index in [-0.39, 0.29) is 19.1 Å². The van der Waals surface area contributed by atoms with Gasteiger partial charge in [-0.3, -0.25) is 4.79 Å². The van der Waals surface area contributed by atoms with Gasteiger partial charge in [-0.15, -0.1) is 12.3 Å². The Balaban J connectivity index is 2.26. The molecule has 0 radical (unpaired) electrons. The van der Waals surface area contributed by atoms with E-state index in [4.69, 9.17) is 11.2 Å². The zero-order valence-corrected chi connectivity index (χ0v) is 10.9. The first-order valence-corrected chi connectivity index (χ1v) is 6.27. The number of nitrogens with zero attached hydrogens (tertiary/aromatic N) is 1. The normalized spacial score (nSPS) is 21.4. The van der Waals surface area contributed by atoms with Crippen LogP contribution < -0.4 is 0 Å². The van der Waals surface area contributed by atoms with E-state index < -0.39 is 18.1 Å². The molecule has 1 heterocycles. The maximum Gasteiger partial charge on any atom is 0.335 e. The second-order valence-electron chi connectivity index (χ2n) is 4.48. The topological polar surface area (TPSA) is 66.8 Å². The van der Waals surface area contributed by atoms with Crippen molar-refractivity contribution in [1.29, 1.82) is 0 Å². The third-order valence-corrected chi connectivity index (χ3v) is 3.20. The first kappa shape index (κ1) is 14.1. The van der Waals surface area contributed by atoms with Crippen LogP contribution in [0.3, 0.4) is 0 Å². The fraction of sp³-hybridized carbons (Fsp3) is 0.333. The summed E-state index contributed by atoms with van der Waals surface area (Å²) < 4.78 is 5.25. The van der Waals surface area contributed by atoms with Crippen LogP contribution in [0.25, 0.3) is 0 Å². The van der Waals surface area contributed by atoms with E-state index in [2.05, 4.69) is 5.92 Å². The van der Waals surface area contributed by atoms with Crippen molar-refractivity contribution in [1.82, 2.24) is 4.90 Å². The Labute approximate surface area is 117 Å². The molecule has 2 atom stereocenters. The molecular formula is C15H15NO4. The second-order valence-corrected chi connectivity index (χ2v) is 4.48. The lowest BCUT2D eigenvalue weighted by Crippen LogP contribution is -2.35. The lowest BCUT2D eigenvalue weighted by Gasteiger charge is -2.24. The van der Waals surface area contributed by atoms with Gasteiger partial charge in [-0.25, -0.2) is 4.79 Å². The van der Waals surface area contributed by atoms with E-state index in [1.807, 2.05) is 6.07 Å². The fourth-order valence-corrected chi connectivity index (χ4v) is 2.26. The minimum Gasteiger partial charge on any atom is -0.479 e. The molecule has 5 nitrogen and oxygen atoms in total. The largest absolute Gasteiger partial charge is 0.479 e. The Morgan fingerprint density at radius 2 is 2.10 bits per heavy atom. The molecule has 1 aromatic carbocycles. The van der Waals surface area contributed by atoms with Crippen LogP contribution in [0.2, 0.25) is 0 Å². The lowest BCUT2D eigenvalue weighted by molar-refractivity contribution is -0.148. The number of aliphatic carboxylic acids is 1. The van der Waals surface area contributed by atoms with Crippen LogP contribution in [-0.2, 0) is 14.3 Å². The molecule has 20 heavy (non-hydrogen) atoms. The summed E-state index contributed by atoms with van der Waals surface area (Å²) in [6.45, 7) is -0.0278. The van der Waals surface area contributed by atoms with Crippen LogP contribution in [0, 0.1) is 12.3 Å². The van der Waals surface area contributed by atoms with Crippen molar-refractivity contribution in [2.75, 3.05) is 6.73 Å². The van der Waals surface area contributed by atoms with Crippen molar-refractivity contribution >= 4 is 11.9 Å². The third kappa shape index (κ3) is 2.81. The van der Waals surface area contributed by atoms with Crippen LogP contribution in [0.4, 0.5) is 0 Å². The van der Waals surface area contributed by atoms with Gasteiger partial charge >= 0.3 is 5.97 Å². The summed E-state index contributed by atoms with van der Waals surface area (Å²) in [6.07, 6.45) is 4.62. The van der Waals surface area contributed by atoms with E-state index in [9.17, 15) is 14.7 Å². The lowest BCUT2D eigenvalue weighted by atomic mass is 10.0. The highest BCUT2D eigenvalue weighted by molar-refractivity contribution is 5.80. The molecule has 104 valence electrons. The van der Waals surface area contributed by atoms with Gasteiger partial charge in [0.2, 0.25) is 5.91 Å². The molecule has 1 N–H and O–H groups in total. The van der Waals surface area contributed by atoms with Gasteiger partial charge in [-0.05, 0) is 5.56 Å². The number of benzene rings is 1. The molecule has 1 aromatic rings. The highest BCUT2D eigenvalue weighted by Crippen LogP contribution is 2.32. The standard InChI is InChI=1S/C15H15NO4/c1-2-3-9-12(17)16-10-20-14(15(18)19)13(16)11-7-5-4-6-8-11/h1,4-8,13-14H,3,9-10H2,(H,18,19). The monoisotopic (exact) mass is 273 g/mol. The maximum absolute atomic E-state index is 12.1. The molecule has 5 heteroatoms. The van der Waals surface area contributed by atoms with Crippen LogP contribution in [0.1, 0.15) is 24.4 Å². The van der Waals surface area contributed by atoms with E-state index in [1.165, 1.54) is 4.90 Å². The fourth-order valence-electron chi connectivity index (χ4n) is 2.26. The number of terminal acetylenes is 1. The molecule has 1 fully saturated rings. The smallest absolute Gasteiger partial charge is 0.335 e. The van der Waals surface area contributed by atoms with Crippen LogP contribution in [0.5, 0.6) is 0 Å². The van der Waals surface area contributed by atoms with Crippen LogP contribution >= 0.6 is 0 Å². The number of carboxylic acid groups (broad SMARTS) is 1. The van der Waals surface area contributed by atoms with Gasteiger partial charge < -0.3 is 14.7 Å². The summed E-state index contributed by atoms with van der Waals surface area (Å²) in [5, 5.41) is 9.23.